The van der Waals surface area contributed by atoms with Crippen LogP contribution in [0.4, 0.5) is 0 Å². The van der Waals surface area contributed by atoms with Gasteiger partial charge in [-0.15, -0.1) is 0 Å². The van der Waals surface area contributed by atoms with Crippen molar-refractivity contribution in [1.29, 1.82) is 0 Å². The zero-order valence-electron chi connectivity index (χ0n) is 14.0. The van der Waals surface area contributed by atoms with Gasteiger partial charge in [-0.1, -0.05) is 45.5 Å². The minimum absolute atomic E-state index is 0.151. The van der Waals surface area contributed by atoms with Gasteiger partial charge in [-0.3, -0.25) is 0 Å². The van der Waals surface area contributed by atoms with E-state index in [1.807, 2.05) is 0 Å². The molecule has 2 heterocycles. The smallest absolute Gasteiger partial charge is 0.165 e. The van der Waals surface area contributed by atoms with E-state index in [0.29, 0.717) is 22.1 Å². The van der Waals surface area contributed by atoms with Crippen LogP contribution in [0.25, 0.3) is 11.2 Å². The molecule has 0 fully saturated rings. The van der Waals surface area contributed by atoms with Gasteiger partial charge in [0, 0.05) is 12.6 Å². The summed E-state index contributed by atoms with van der Waals surface area (Å²) in [5.74, 6) is 0. The summed E-state index contributed by atoms with van der Waals surface area (Å²) < 4.78 is 2.06. The molecule has 2 aromatic rings. The predicted octanol–water partition coefficient (Wildman–Crippen LogP) is 3.91. The van der Waals surface area contributed by atoms with Gasteiger partial charge in [0.2, 0.25) is 0 Å². The summed E-state index contributed by atoms with van der Waals surface area (Å²) in [4.78, 5) is 12.7. The molecule has 1 N–H and O–H groups in total. The molecule has 122 valence electrons. The summed E-state index contributed by atoms with van der Waals surface area (Å²) in [5.41, 5.74) is 1.37. The second-order valence-electron chi connectivity index (χ2n) is 7.49. The topological polar surface area (TPSA) is 63.8 Å². The fraction of sp³-hybridized carbons (Fsp3) is 0.667. The third-order valence-electron chi connectivity index (χ3n) is 4.95. The average Bonchev–Trinajstić information content (AvgIpc) is 2.82. The standard InChI is InChI=1S/C15H25ClN4OSi/c1-15(2,3)22(4,5)8-11(6-7-21)20-10-19-12-13(16)17-9-18-14(12)20/h9-11,21H,6-8H2,1-5H3. The highest BCUT2D eigenvalue weighted by atomic mass is 35.5. The number of imidazole rings is 1. The van der Waals surface area contributed by atoms with Crippen molar-refractivity contribution in [2.24, 2.45) is 0 Å². The number of aliphatic hydroxyl groups is 1. The normalized spacial score (nSPS) is 14.5. The van der Waals surface area contributed by atoms with Gasteiger partial charge in [0.15, 0.2) is 10.8 Å². The Bertz CT molecular complexity index is 651. The van der Waals surface area contributed by atoms with Gasteiger partial charge in [0.1, 0.15) is 11.8 Å². The molecule has 0 aliphatic rings. The fourth-order valence-electron chi connectivity index (χ4n) is 2.47. The molecule has 1 unspecified atom stereocenters. The van der Waals surface area contributed by atoms with Gasteiger partial charge in [-0.2, -0.15) is 0 Å². The maximum absolute atomic E-state index is 9.48. The van der Waals surface area contributed by atoms with Crippen molar-refractivity contribution < 1.29 is 5.11 Å². The second-order valence-corrected chi connectivity index (χ2v) is 13.5. The minimum atomic E-state index is -1.50. The third kappa shape index (κ3) is 3.34. The number of halogens is 1. The van der Waals surface area contributed by atoms with Crippen LogP contribution in [0.1, 0.15) is 33.2 Å². The van der Waals surface area contributed by atoms with Gasteiger partial charge >= 0.3 is 0 Å². The van der Waals surface area contributed by atoms with Crippen LogP contribution in [0.2, 0.25) is 29.3 Å². The van der Waals surface area contributed by atoms with Gasteiger partial charge < -0.3 is 9.67 Å². The lowest BCUT2D eigenvalue weighted by atomic mass is 10.2. The number of rotatable bonds is 5. The largest absolute Gasteiger partial charge is 0.396 e. The maximum atomic E-state index is 9.48. The second kappa shape index (κ2) is 6.26. The van der Waals surface area contributed by atoms with Gasteiger partial charge in [0.25, 0.3) is 0 Å². The Hall–Kier alpha value is -0.983. The van der Waals surface area contributed by atoms with Crippen LogP contribution >= 0.6 is 11.6 Å². The van der Waals surface area contributed by atoms with E-state index < -0.39 is 8.07 Å². The van der Waals surface area contributed by atoms with E-state index >= 15 is 0 Å². The van der Waals surface area contributed by atoms with Crippen LogP contribution in [0.15, 0.2) is 12.7 Å². The van der Waals surface area contributed by atoms with E-state index in [2.05, 4.69) is 53.4 Å². The Morgan fingerprint density at radius 2 is 1.95 bits per heavy atom. The molecule has 0 aliphatic carbocycles. The number of nitrogens with zero attached hydrogens (tertiary/aromatic N) is 4. The van der Waals surface area contributed by atoms with Crippen LogP contribution in [-0.4, -0.2) is 39.3 Å². The highest BCUT2D eigenvalue weighted by Gasteiger charge is 2.37. The lowest BCUT2D eigenvalue weighted by molar-refractivity contribution is 0.263. The van der Waals surface area contributed by atoms with Crippen molar-refractivity contribution >= 4 is 30.8 Å². The SMILES string of the molecule is CC(C)(C)[Si](C)(C)CC(CCO)n1cnc2c(Cl)ncnc21. The van der Waals surface area contributed by atoms with Crippen LogP contribution in [0.3, 0.4) is 0 Å². The average molecular weight is 341 g/mol. The summed E-state index contributed by atoms with van der Waals surface area (Å²) in [5, 5.41) is 10.2. The van der Waals surface area contributed by atoms with E-state index in [9.17, 15) is 5.11 Å². The van der Waals surface area contributed by atoms with Crippen molar-refractivity contribution in [3.63, 3.8) is 0 Å². The zero-order valence-corrected chi connectivity index (χ0v) is 15.7. The highest BCUT2D eigenvalue weighted by molar-refractivity contribution is 6.80. The van der Waals surface area contributed by atoms with E-state index in [0.717, 1.165) is 11.7 Å². The van der Waals surface area contributed by atoms with Crippen molar-refractivity contribution in [2.75, 3.05) is 6.61 Å². The molecule has 7 heteroatoms. The van der Waals surface area contributed by atoms with Gasteiger partial charge in [-0.25, -0.2) is 15.0 Å². The maximum Gasteiger partial charge on any atom is 0.165 e. The van der Waals surface area contributed by atoms with E-state index in [-0.39, 0.29) is 12.6 Å². The first kappa shape index (κ1) is 17.4. The van der Waals surface area contributed by atoms with Gasteiger partial charge in [0.05, 0.1) is 14.4 Å². The summed E-state index contributed by atoms with van der Waals surface area (Å²) >= 11 is 6.09. The quantitative estimate of drug-likeness (QED) is 0.662. The Balaban J connectivity index is 2.41. The number of hydrogen-bond acceptors (Lipinski definition) is 4. The minimum Gasteiger partial charge on any atom is -0.396 e. The monoisotopic (exact) mass is 340 g/mol. The molecular formula is C15H25ClN4OSi. The molecule has 1 atom stereocenters. The van der Waals surface area contributed by atoms with Crippen LogP contribution < -0.4 is 0 Å². The number of aliphatic hydroxyl groups excluding tert-OH is 1. The summed E-state index contributed by atoms with van der Waals surface area (Å²) in [6.45, 7) is 11.9. The first-order chi connectivity index (χ1) is 10.2. The first-order valence-electron chi connectivity index (χ1n) is 7.61. The fourth-order valence-corrected chi connectivity index (χ4v) is 4.84. The first-order valence-corrected chi connectivity index (χ1v) is 11.2. The molecule has 22 heavy (non-hydrogen) atoms. The molecule has 0 saturated carbocycles. The molecule has 0 bridgehead atoms. The summed E-state index contributed by atoms with van der Waals surface area (Å²) in [7, 11) is -1.50. The van der Waals surface area contributed by atoms with Crippen LogP contribution in [-0.2, 0) is 0 Å². The molecule has 0 amide bonds. The van der Waals surface area contributed by atoms with E-state index in [1.54, 1.807) is 6.33 Å². The van der Waals surface area contributed by atoms with Crippen LogP contribution in [0, 0.1) is 0 Å². The van der Waals surface area contributed by atoms with E-state index in [1.165, 1.54) is 6.33 Å². The molecule has 0 spiro atoms. The molecule has 0 aliphatic heterocycles. The Labute approximate surface area is 137 Å². The van der Waals surface area contributed by atoms with Crippen molar-refractivity contribution in [3.05, 3.63) is 17.8 Å². The lowest BCUT2D eigenvalue weighted by Gasteiger charge is -2.39. The lowest BCUT2D eigenvalue weighted by Crippen LogP contribution is -2.39. The predicted molar refractivity (Wildman–Crippen MR) is 93.1 cm³/mol. The third-order valence-corrected chi connectivity index (χ3v) is 10.8. The molecule has 0 radical (unpaired) electrons. The van der Waals surface area contributed by atoms with Crippen molar-refractivity contribution in [1.82, 2.24) is 19.5 Å². The van der Waals surface area contributed by atoms with Crippen LogP contribution in [0.5, 0.6) is 0 Å². The highest BCUT2D eigenvalue weighted by Crippen LogP contribution is 2.42. The Morgan fingerprint density at radius 1 is 1.27 bits per heavy atom. The number of hydrogen-bond donors (Lipinski definition) is 1. The molecule has 0 aromatic carbocycles. The zero-order chi connectivity index (χ0) is 16.5. The van der Waals surface area contributed by atoms with Gasteiger partial charge in [-0.05, 0) is 17.5 Å². The molecule has 0 saturated heterocycles. The van der Waals surface area contributed by atoms with E-state index in [4.69, 9.17) is 11.6 Å². The Morgan fingerprint density at radius 3 is 2.55 bits per heavy atom. The summed E-state index contributed by atoms with van der Waals surface area (Å²) in [6, 6.07) is 1.24. The molecule has 5 nitrogen and oxygen atoms in total. The number of fused-ring (bicyclic) bond motifs is 1. The van der Waals surface area contributed by atoms with Crippen molar-refractivity contribution in [3.8, 4) is 0 Å². The summed E-state index contributed by atoms with van der Waals surface area (Å²) in [6.07, 6.45) is 3.93. The molecular weight excluding hydrogens is 316 g/mol. The Kier molecular flexibility index (Phi) is 4.94. The van der Waals surface area contributed by atoms with Crippen molar-refractivity contribution in [2.45, 2.75) is 57.4 Å². The molecule has 2 rings (SSSR count). The molecule has 2 aromatic heterocycles. The number of aromatic nitrogens is 4.